The molecule has 1 aromatic carbocycles. The van der Waals surface area contributed by atoms with E-state index in [-0.39, 0.29) is 0 Å². The smallest absolute Gasteiger partial charge is 0.301 e. The molecule has 5 nitrogen and oxygen atoms in total. The van der Waals surface area contributed by atoms with Crippen molar-refractivity contribution in [2.75, 3.05) is 0 Å². The Labute approximate surface area is 96.5 Å². The van der Waals surface area contributed by atoms with Gasteiger partial charge in [-0.1, -0.05) is 11.2 Å². The van der Waals surface area contributed by atoms with Crippen LogP contribution in [0.1, 0.15) is 5.56 Å². The Hall–Kier alpha value is -2.65. The molecule has 5 heteroatoms. The van der Waals surface area contributed by atoms with Crippen molar-refractivity contribution in [1.82, 2.24) is 0 Å². The molecule has 0 saturated carbocycles. The van der Waals surface area contributed by atoms with Crippen LogP contribution < -0.4 is 0 Å². The lowest BCUT2D eigenvalue weighted by Crippen LogP contribution is -2.03. The number of benzene rings is 1. The molecule has 1 N–H and O–H groups in total. The second-order valence-electron chi connectivity index (χ2n) is 3.66. The number of allylic oxidation sites excluding steroid dienone is 4. The third-order valence-electron chi connectivity index (χ3n) is 2.63. The van der Waals surface area contributed by atoms with Gasteiger partial charge in [-0.25, -0.2) is 4.42 Å². The summed E-state index contributed by atoms with van der Waals surface area (Å²) in [7, 11) is 0. The molecule has 1 aliphatic carbocycles. The molecule has 80 valence electrons. The topological polar surface area (TPSA) is 83.9 Å². The summed E-state index contributed by atoms with van der Waals surface area (Å²) in [6.07, 6.45) is 5.15. The SMILES string of the molecule is [N-]=[N+]=Nc1cccc2c1[O+]=C1C=CC(=N)C=C12. The van der Waals surface area contributed by atoms with Crippen molar-refractivity contribution in [1.29, 1.82) is 5.41 Å². The van der Waals surface area contributed by atoms with Crippen molar-refractivity contribution in [3.63, 3.8) is 0 Å². The predicted octanol–water partition coefficient (Wildman–Crippen LogP) is 3.43. The largest absolute Gasteiger partial charge is 0.371 e. The Morgan fingerprint density at radius 2 is 2.18 bits per heavy atom. The summed E-state index contributed by atoms with van der Waals surface area (Å²) in [6, 6.07) is 5.39. The van der Waals surface area contributed by atoms with Crippen LogP contribution in [0.4, 0.5) is 5.69 Å². The molecule has 0 fully saturated rings. The number of para-hydroxylation sites is 1. The Morgan fingerprint density at radius 3 is 3.00 bits per heavy atom. The van der Waals surface area contributed by atoms with E-state index < -0.39 is 0 Å². The molecule has 0 amide bonds. The van der Waals surface area contributed by atoms with E-state index >= 15 is 0 Å². The highest BCUT2D eigenvalue weighted by Gasteiger charge is 2.36. The van der Waals surface area contributed by atoms with Crippen molar-refractivity contribution in [3.8, 4) is 5.75 Å². The number of ketones is 1. The molecular formula is C12H7N4O+. The third kappa shape index (κ3) is 1.38. The normalized spacial score (nSPS) is 15.6. The van der Waals surface area contributed by atoms with E-state index in [0.29, 0.717) is 22.9 Å². The van der Waals surface area contributed by atoms with E-state index in [1.165, 1.54) is 0 Å². The van der Waals surface area contributed by atoms with Crippen molar-refractivity contribution >= 4 is 22.8 Å². The summed E-state index contributed by atoms with van der Waals surface area (Å²) < 4.78 is 5.64. The second-order valence-corrected chi connectivity index (χ2v) is 3.66. The van der Waals surface area contributed by atoms with Crippen LogP contribution in [-0.4, -0.2) is 11.5 Å². The van der Waals surface area contributed by atoms with Gasteiger partial charge in [0.05, 0.1) is 16.8 Å². The number of carbonyl (C=O) groups excluding carboxylic acids is 1. The van der Waals surface area contributed by atoms with Crippen LogP contribution in [0, 0.1) is 5.41 Å². The van der Waals surface area contributed by atoms with E-state index in [0.717, 1.165) is 11.1 Å². The fourth-order valence-electron chi connectivity index (χ4n) is 1.91. The van der Waals surface area contributed by atoms with Crippen molar-refractivity contribution in [3.05, 3.63) is 52.4 Å². The molecule has 1 heterocycles. The van der Waals surface area contributed by atoms with Gasteiger partial charge in [0.25, 0.3) is 0 Å². The van der Waals surface area contributed by atoms with Gasteiger partial charge in [0, 0.05) is 11.0 Å². The van der Waals surface area contributed by atoms with Gasteiger partial charge in [-0.15, -0.1) is 0 Å². The van der Waals surface area contributed by atoms with E-state index in [9.17, 15) is 0 Å². The number of nitrogens with zero attached hydrogens (tertiary/aromatic N) is 3. The minimum absolute atomic E-state index is 0.425. The average Bonchev–Trinajstić information content (AvgIpc) is 2.69. The van der Waals surface area contributed by atoms with Gasteiger partial charge in [0.2, 0.25) is 0 Å². The predicted molar refractivity (Wildman–Crippen MR) is 64.5 cm³/mol. The maximum atomic E-state index is 8.48. The molecule has 0 saturated heterocycles. The zero-order valence-corrected chi connectivity index (χ0v) is 8.71. The zero-order valence-electron chi connectivity index (χ0n) is 8.71. The van der Waals surface area contributed by atoms with Crippen LogP contribution in [0.15, 0.2) is 41.5 Å². The maximum absolute atomic E-state index is 8.48. The first-order valence-corrected chi connectivity index (χ1v) is 5.01. The Bertz CT molecular complexity index is 676. The maximum Gasteiger partial charge on any atom is 0.371 e. The zero-order chi connectivity index (χ0) is 11.8. The highest BCUT2D eigenvalue weighted by atomic mass is 16.4. The first-order valence-electron chi connectivity index (χ1n) is 5.01. The first-order chi connectivity index (χ1) is 8.29. The van der Waals surface area contributed by atoms with Gasteiger partial charge in [0.15, 0.2) is 0 Å². The lowest BCUT2D eigenvalue weighted by Gasteiger charge is -1.97. The minimum Gasteiger partial charge on any atom is -0.301 e. The van der Waals surface area contributed by atoms with Crippen LogP contribution in [0.25, 0.3) is 16.0 Å². The average molecular weight is 223 g/mol. The molecule has 3 rings (SSSR count). The number of hydrogen-bond donors (Lipinski definition) is 1. The quantitative estimate of drug-likeness (QED) is 0.249. The molecule has 1 aliphatic heterocycles. The molecule has 0 spiro atoms. The number of rotatable bonds is 1. The lowest BCUT2D eigenvalue weighted by molar-refractivity contribution is -0.359. The van der Waals surface area contributed by atoms with Crippen molar-refractivity contribution in [2.45, 2.75) is 0 Å². The third-order valence-corrected chi connectivity index (χ3v) is 2.63. The molecular weight excluding hydrogens is 216 g/mol. The molecule has 0 aromatic heterocycles. The van der Waals surface area contributed by atoms with Crippen LogP contribution in [0.2, 0.25) is 0 Å². The van der Waals surface area contributed by atoms with Gasteiger partial charge >= 0.3 is 11.5 Å². The number of fused-ring (bicyclic) bond motifs is 3. The molecule has 0 atom stereocenters. The molecule has 17 heavy (non-hydrogen) atoms. The van der Waals surface area contributed by atoms with Crippen molar-refractivity contribution < 1.29 is 4.42 Å². The number of azide groups is 1. The van der Waals surface area contributed by atoms with Gasteiger partial charge < -0.3 is 5.41 Å². The Morgan fingerprint density at radius 1 is 1.29 bits per heavy atom. The van der Waals surface area contributed by atoms with Crippen LogP contribution in [-0.2, 0) is 4.42 Å². The summed E-state index contributed by atoms with van der Waals surface area (Å²) in [5.74, 6) is 1.25. The lowest BCUT2D eigenvalue weighted by atomic mass is 9.97. The molecule has 0 bridgehead atoms. The first kappa shape index (κ1) is 9.57. The van der Waals surface area contributed by atoms with Crippen LogP contribution >= 0.6 is 0 Å². The summed E-state index contributed by atoms with van der Waals surface area (Å²) in [5.41, 5.74) is 11.1. The summed E-state index contributed by atoms with van der Waals surface area (Å²) in [4.78, 5) is 2.77. The summed E-state index contributed by atoms with van der Waals surface area (Å²) in [6.45, 7) is 0. The molecule has 1 aromatic rings. The van der Waals surface area contributed by atoms with E-state index in [4.69, 9.17) is 15.4 Å². The van der Waals surface area contributed by atoms with Crippen molar-refractivity contribution in [2.24, 2.45) is 5.11 Å². The fourth-order valence-corrected chi connectivity index (χ4v) is 1.91. The monoisotopic (exact) mass is 223 g/mol. The van der Waals surface area contributed by atoms with Crippen LogP contribution in [0.3, 0.4) is 0 Å². The Kier molecular flexibility index (Phi) is 1.93. The van der Waals surface area contributed by atoms with E-state index in [2.05, 4.69) is 10.0 Å². The van der Waals surface area contributed by atoms with Gasteiger partial charge in [-0.2, -0.15) is 0 Å². The number of nitrogens with one attached hydrogen (secondary N) is 1. The van der Waals surface area contributed by atoms with E-state index in [1.54, 1.807) is 30.4 Å². The van der Waals surface area contributed by atoms with Gasteiger partial charge in [0.1, 0.15) is 5.69 Å². The van der Waals surface area contributed by atoms with Gasteiger partial charge in [-0.05, 0) is 29.8 Å². The summed E-state index contributed by atoms with van der Waals surface area (Å²) in [5, 5.41) is 11.2. The second kappa shape index (κ2) is 3.43. The highest BCUT2D eigenvalue weighted by Crippen LogP contribution is 2.42. The van der Waals surface area contributed by atoms with Crippen LogP contribution in [0.5, 0.6) is 5.75 Å². The molecule has 0 unspecified atom stereocenters. The summed E-state index contributed by atoms with van der Waals surface area (Å²) >= 11 is 0. The standard InChI is InChI=1S/C12H7N4O/c13-7-4-5-11-9(6-7)8-2-1-3-10(15-16-14)12(8)17-11/h1-6,13H/q+1. The fraction of sp³-hybridized carbons (Fsp3) is 0. The molecule has 2 aliphatic rings. The van der Waals surface area contributed by atoms with Gasteiger partial charge in [-0.3, -0.25) is 0 Å². The number of hydrogen-bond acceptors (Lipinski definition) is 2. The Balaban J connectivity index is 2.27. The molecule has 0 radical (unpaired) electrons. The van der Waals surface area contributed by atoms with E-state index in [1.807, 2.05) is 6.07 Å². The minimum atomic E-state index is 0.425. The highest BCUT2D eigenvalue weighted by molar-refractivity contribution is 6.36.